The van der Waals surface area contributed by atoms with E-state index < -0.39 is 11.9 Å². The highest BCUT2D eigenvalue weighted by Crippen LogP contribution is 1.89. The lowest BCUT2D eigenvalue weighted by Crippen LogP contribution is -2.03. The Labute approximate surface area is 88.9 Å². The van der Waals surface area contributed by atoms with E-state index in [1.165, 1.54) is 7.11 Å². The summed E-state index contributed by atoms with van der Waals surface area (Å²) in [4.78, 5) is 21.5. The second-order valence-electron chi connectivity index (χ2n) is 2.48. The first-order chi connectivity index (χ1) is 7.20. The van der Waals surface area contributed by atoms with E-state index >= 15 is 0 Å². The van der Waals surface area contributed by atoms with Crippen LogP contribution in [0.3, 0.4) is 0 Å². The third-order valence-electron chi connectivity index (χ3n) is 1.36. The van der Waals surface area contributed by atoms with Gasteiger partial charge in [-0.05, 0) is 6.42 Å². The average Bonchev–Trinajstić information content (AvgIpc) is 2.25. The van der Waals surface area contributed by atoms with Gasteiger partial charge in [0, 0.05) is 12.2 Å². The molecule has 0 aliphatic heterocycles. The number of hydrogen-bond donors (Lipinski definition) is 0. The van der Waals surface area contributed by atoms with Crippen LogP contribution in [0.5, 0.6) is 0 Å². The van der Waals surface area contributed by atoms with Crippen molar-refractivity contribution in [2.24, 2.45) is 0 Å². The lowest BCUT2D eigenvalue weighted by atomic mass is 10.4. The number of carbonyl (C=O) groups excluding carboxylic acids is 2. The minimum Gasteiger partial charge on any atom is -0.466 e. The van der Waals surface area contributed by atoms with Crippen molar-refractivity contribution in [3.8, 4) is 0 Å². The molecule has 0 saturated carbocycles. The molecule has 0 saturated heterocycles. The van der Waals surface area contributed by atoms with E-state index in [4.69, 9.17) is 4.74 Å². The van der Waals surface area contributed by atoms with Crippen LogP contribution in [0.4, 0.5) is 0 Å². The Hall–Kier alpha value is -1.84. The van der Waals surface area contributed by atoms with Crippen molar-refractivity contribution in [2.45, 2.75) is 6.42 Å². The van der Waals surface area contributed by atoms with Crippen LogP contribution < -0.4 is 0 Å². The second-order valence-corrected chi connectivity index (χ2v) is 2.48. The van der Waals surface area contributed by atoms with Crippen LogP contribution in [0.15, 0.2) is 37.0 Å². The molecule has 82 valence electrons. The predicted octanol–water partition coefficient (Wildman–Crippen LogP) is 1.39. The zero-order valence-electron chi connectivity index (χ0n) is 8.64. The maximum atomic E-state index is 10.9. The monoisotopic (exact) mass is 210 g/mol. The number of methoxy groups -OCH3 is 1. The SMILES string of the molecule is C=C/C=C/CCOC(=O)/C=C\C(=O)OC. The van der Waals surface area contributed by atoms with E-state index in [0.717, 1.165) is 12.2 Å². The molecule has 4 nitrogen and oxygen atoms in total. The number of ether oxygens (including phenoxy) is 2. The third kappa shape index (κ3) is 8.49. The number of allylic oxidation sites excluding steroid dienone is 2. The molecule has 0 aliphatic rings. The minimum absolute atomic E-state index is 0.273. The molecule has 0 N–H and O–H groups in total. The summed E-state index contributed by atoms with van der Waals surface area (Å²) in [6, 6.07) is 0. The molecular weight excluding hydrogens is 196 g/mol. The van der Waals surface area contributed by atoms with Crippen LogP contribution in [0.25, 0.3) is 0 Å². The van der Waals surface area contributed by atoms with E-state index in [1.54, 1.807) is 12.2 Å². The minimum atomic E-state index is -0.585. The van der Waals surface area contributed by atoms with Gasteiger partial charge in [0.05, 0.1) is 13.7 Å². The zero-order chi connectivity index (χ0) is 11.5. The molecule has 4 heteroatoms. The van der Waals surface area contributed by atoms with E-state index in [0.29, 0.717) is 6.42 Å². The van der Waals surface area contributed by atoms with Gasteiger partial charge in [-0.15, -0.1) is 0 Å². The van der Waals surface area contributed by atoms with Crippen molar-refractivity contribution < 1.29 is 19.1 Å². The number of carbonyl (C=O) groups is 2. The zero-order valence-corrected chi connectivity index (χ0v) is 8.64. The van der Waals surface area contributed by atoms with Crippen molar-refractivity contribution in [3.05, 3.63) is 37.0 Å². The van der Waals surface area contributed by atoms with Crippen molar-refractivity contribution in [2.75, 3.05) is 13.7 Å². The van der Waals surface area contributed by atoms with Crippen molar-refractivity contribution in [1.82, 2.24) is 0 Å². The van der Waals surface area contributed by atoms with Crippen molar-refractivity contribution >= 4 is 11.9 Å². The molecular formula is C11H14O4. The number of esters is 2. The summed E-state index contributed by atoms with van der Waals surface area (Å²) in [6.07, 6.45) is 7.89. The fraction of sp³-hybridized carbons (Fsp3) is 0.273. The molecule has 0 spiro atoms. The van der Waals surface area contributed by atoms with E-state index in [2.05, 4.69) is 11.3 Å². The quantitative estimate of drug-likeness (QED) is 0.288. The highest BCUT2D eigenvalue weighted by molar-refractivity contribution is 5.91. The summed E-state index contributed by atoms with van der Waals surface area (Å²) >= 11 is 0. The molecule has 0 unspecified atom stereocenters. The van der Waals surface area contributed by atoms with Crippen LogP contribution in [0.1, 0.15) is 6.42 Å². The summed E-state index contributed by atoms with van der Waals surface area (Å²) in [5.41, 5.74) is 0. The topological polar surface area (TPSA) is 52.6 Å². The fourth-order valence-corrected chi connectivity index (χ4v) is 0.672. The summed E-state index contributed by atoms with van der Waals surface area (Å²) in [6.45, 7) is 3.77. The first-order valence-electron chi connectivity index (χ1n) is 4.41. The maximum Gasteiger partial charge on any atom is 0.331 e. The van der Waals surface area contributed by atoms with Gasteiger partial charge in [-0.2, -0.15) is 0 Å². The van der Waals surface area contributed by atoms with Gasteiger partial charge in [-0.3, -0.25) is 0 Å². The molecule has 0 bridgehead atoms. The summed E-state index contributed by atoms with van der Waals surface area (Å²) in [7, 11) is 1.23. The third-order valence-corrected chi connectivity index (χ3v) is 1.36. The second kappa shape index (κ2) is 8.74. The molecule has 0 fully saturated rings. The number of rotatable bonds is 6. The normalized spacial score (nSPS) is 10.5. The van der Waals surface area contributed by atoms with Gasteiger partial charge >= 0.3 is 11.9 Å². The largest absolute Gasteiger partial charge is 0.466 e. The lowest BCUT2D eigenvalue weighted by Gasteiger charge is -1.97. The standard InChI is InChI=1S/C11H14O4/c1-3-4-5-6-9-15-11(13)8-7-10(12)14-2/h3-5,7-8H,1,6,9H2,2H3/b5-4+,8-7-. The van der Waals surface area contributed by atoms with Crippen LogP contribution in [0, 0.1) is 0 Å². The van der Waals surface area contributed by atoms with Crippen LogP contribution in [-0.4, -0.2) is 25.7 Å². The first-order valence-corrected chi connectivity index (χ1v) is 4.41. The van der Waals surface area contributed by atoms with E-state index in [-0.39, 0.29) is 6.61 Å². The van der Waals surface area contributed by atoms with Crippen LogP contribution in [0.2, 0.25) is 0 Å². The molecule has 15 heavy (non-hydrogen) atoms. The Bertz CT molecular complexity index is 276. The maximum absolute atomic E-state index is 10.9. The highest BCUT2D eigenvalue weighted by Gasteiger charge is 1.97. The Balaban J connectivity index is 3.66. The molecule has 0 amide bonds. The van der Waals surface area contributed by atoms with Gasteiger partial charge in [-0.25, -0.2) is 9.59 Å². The molecule has 0 heterocycles. The molecule has 0 aromatic rings. The number of hydrogen-bond acceptors (Lipinski definition) is 4. The Morgan fingerprint density at radius 3 is 2.53 bits per heavy atom. The molecule has 0 aliphatic carbocycles. The van der Waals surface area contributed by atoms with E-state index in [1.807, 2.05) is 6.08 Å². The fourth-order valence-electron chi connectivity index (χ4n) is 0.672. The highest BCUT2D eigenvalue weighted by atomic mass is 16.5. The van der Waals surface area contributed by atoms with Crippen LogP contribution in [-0.2, 0) is 19.1 Å². The first kappa shape index (κ1) is 13.2. The smallest absolute Gasteiger partial charge is 0.331 e. The average molecular weight is 210 g/mol. The van der Waals surface area contributed by atoms with Gasteiger partial charge in [0.15, 0.2) is 0 Å². The van der Waals surface area contributed by atoms with Gasteiger partial charge in [0.25, 0.3) is 0 Å². The van der Waals surface area contributed by atoms with Gasteiger partial charge in [0.2, 0.25) is 0 Å². The Morgan fingerprint density at radius 2 is 1.93 bits per heavy atom. The van der Waals surface area contributed by atoms with Gasteiger partial charge in [-0.1, -0.05) is 24.8 Å². The molecule has 0 atom stereocenters. The Morgan fingerprint density at radius 1 is 1.27 bits per heavy atom. The lowest BCUT2D eigenvalue weighted by molar-refractivity contribution is -0.139. The van der Waals surface area contributed by atoms with Crippen molar-refractivity contribution in [3.63, 3.8) is 0 Å². The van der Waals surface area contributed by atoms with Gasteiger partial charge in [0.1, 0.15) is 0 Å². The molecule has 0 radical (unpaired) electrons. The summed E-state index contributed by atoms with van der Waals surface area (Å²) < 4.78 is 9.07. The molecule has 0 aromatic heterocycles. The summed E-state index contributed by atoms with van der Waals surface area (Å²) in [5, 5.41) is 0. The predicted molar refractivity (Wildman–Crippen MR) is 56.1 cm³/mol. The van der Waals surface area contributed by atoms with Crippen LogP contribution >= 0.6 is 0 Å². The summed E-state index contributed by atoms with van der Waals surface area (Å²) in [5.74, 6) is -1.15. The molecule has 0 rings (SSSR count). The van der Waals surface area contributed by atoms with E-state index in [9.17, 15) is 9.59 Å². The Kier molecular flexibility index (Phi) is 7.67. The molecule has 0 aromatic carbocycles. The van der Waals surface area contributed by atoms with Gasteiger partial charge < -0.3 is 9.47 Å². The van der Waals surface area contributed by atoms with Crippen molar-refractivity contribution in [1.29, 1.82) is 0 Å².